The average Bonchev–Trinajstić information content (AvgIpc) is 3.04. The third kappa shape index (κ3) is 4.17. The number of nitrogens with one attached hydrogen (secondary N) is 2. The van der Waals surface area contributed by atoms with E-state index in [9.17, 15) is 4.79 Å². The summed E-state index contributed by atoms with van der Waals surface area (Å²) in [5.74, 6) is 1.26. The standard InChI is InChI=1S/C16H22N4O2S/c1-3-8-20(11(2)15(21)17-12-6-7-12)10-14-18-19-16(22-14)13-5-4-9-23-13/h4-5,9,11-12H,3,6-8,10H2,1-2H3,(H,17,21)/p+1/t11-/m1/s1. The van der Waals surface area contributed by atoms with Gasteiger partial charge in [-0.2, -0.15) is 0 Å². The lowest BCUT2D eigenvalue weighted by Gasteiger charge is -2.23. The fourth-order valence-electron chi connectivity index (χ4n) is 2.54. The van der Waals surface area contributed by atoms with Gasteiger partial charge in [0, 0.05) is 6.04 Å². The molecule has 1 saturated carbocycles. The Morgan fingerprint density at radius 2 is 2.35 bits per heavy atom. The monoisotopic (exact) mass is 335 g/mol. The predicted octanol–water partition coefficient (Wildman–Crippen LogP) is 1.26. The van der Waals surface area contributed by atoms with Crippen molar-refractivity contribution < 1.29 is 14.1 Å². The molecule has 2 N–H and O–H groups in total. The van der Waals surface area contributed by atoms with E-state index in [1.807, 2.05) is 24.4 Å². The maximum Gasteiger partial charge on any atom is 0.278 e. The van der Waals surface area contributed by atoms with Crippen molar-refractivity contribution in [2.75, 3.05) is 6.54 Å². The summed E-state index contributed by atoms with van der Waals surface area (Å²) in [6, 6.07) is 4.20. The van der Waals surface area contributed by atoms with Gasteiger partial charge >= 0.3 is 0 Å². The second-order valence-electron chi connectivity index (χ2n) is 6.07. The third-order valence-electron chi connectivity index (χ3n) is 4.08. The molecule has 0 aromatic carbocycles. The van der Waals surface area contributed by atoms with Crippen LogP contribution in [0.15, 0.2) is 21.9 Å². The van der Waals surface area contributed by atoms with E-state index in [0.29, 0.717) is 24.4 Å². The lowest BCUT2D eigenvalue weighted by atomic mass is 10.2. The lowest BCUT2D eigenvalue weighted by Crippen LogP contribution is -3.15. The number of carbonyl (C=O) groups is 1. The normalized spacial score (nSPS) is 17.0. The summed E-state index contributed by atoms with van der Waals surface area (Å²) in [6.45, 7) is 5.57. The van der Waals surface area contributed by atoms with Crippen LogP contribution < -0.4 is 10.2 Å². The van der Waals surface area contributed by atoms with Crippen LogP contribution in [0.4, 0.5) is 0 Å². The molecule has 6 nitrogen and oxygen atoms in total. The van der Waals surface area contributed by atoms with Gasteiger partial charge in [-0.15, -0.1) is 21.5 Å². The molecule has 0 aliphatic heterocycles. The van der Waals surface area contributed by atoms with Crippen molar-refractivity contribution in [1.82, 2.24) is 15.5 Å². The largest absolute Gasteiger partial charge is 0.414 e. The zero-order valence-corrected chi connectivity index (χ0v) is 14.4. The smallest absolute Gasteiger partial charge is 0.278 e. The first-order valence-electron chi connectivity index (χ1n) is 8.18. The predicted molar refractivity (Wildman–Crippen MR) is 88.1 cm³/mol. The Balaban J connectivity index is 1.65. The molecular weight excluding hydrogens is 312 g/mol. The highest BCUT2D eigenvalue weighted by Crippen LogP contribution is 2.22. The van der Waals surface area contributed by atoms with Gasteiger partial charge in [-0.25, -0.2) is 0 Å². The summed E-state index contributed by atoms with van der Waals surface area (Å²) in [4.78, 5) is 14.4. The second kappa shape index (κ2) is 7.23. The zero-order chi connectivity index (χ0) is 16.2. The number of thiophene rings is 1. The lowest BCUT2D eigenvalue weighted by molar-refractivity contribution is -0.929. The van der Waals surface area contributed by atoms with Gasteiger partial charge in [0.1, 0.15) is 0 Å². The second-order valence-corrected chi connectivity index (χ2v) is 7.02. The first kappa shape index (κ1) is 16.1. The molecule has 1 aliphatic carbocycles. The topological polar surface area (TPSA) is 72.5 Å². The first-order chi connectivity index (χ1) is 11.2. The molecule has 0 spiro atoms. The fraction of sp³-hybridized carbons (Fsp3) is 0.562. The Bertz CT molecular complexity index is 636. The molecule has 0 radical (unpaired) electrons. The Labute approximate surface area is 139 Å². The van der Waals surface area contributed by atoms with E-state index in [-0.39, 0.29) is 11.9 Å². The number of carbonyl (C=O) groups excluding carboxylic acids is 1. The molecule has 2 aromatic rings. The van der Waals surface area contributed by atoms with Crippen molar-refractivity contribution in [2.45, 2.75) is 51.7 Å². The quantitative estimate of drug-likeness (QED) is 0.762. The van der Waals surface area contributed by atoms with Crippen LogP contribution in [0.5, 0.6) is 0 Å². The molecule has 3 rings (SSSR count). The van der Waals surface area contributed by atoms with E-state index in [2.05, 4.69) is 22.4 Å². The summed E-state index contributed by atoms with van der Waals surface area (Å²) >= 11 is 1.58. The number of hydrogen-bond acceptors (Lipinski definition) is 5. The highest BCUT2D eigenvalue weighted by Gasteiger charge is 2.31. The number of hydrogen-bond donors (Lipinski definition) is 2. The zero-order valence-electron chi connectivity index (χ0n) is 13.5. The third-order valence-corrected chi connectivity index (χ3v) is 4.94. The molecule has 1 aliphatic rings. The molecule has 0 bridgehead atoms. The molecule has 1 fully saturated rings. The molecule has 0 saturated heterocycles. The van der Waals surface area contributed by atoms with Crippen molar-refractivity contribution in [1.29, 1.82) is 0 Å². The summed E-state index contributed by atoms with van der Waals surface area (Å²) in [5.41, 5.74) is 0. The van der Waals surface area contributed by atoms with Crippen LogP contribution in [0.1, 0.15) is 39.0 Å². The highest BCUT2D eigenvalue weighted by atomic mass is 32.1. The maximum absolute atomic E-state index is 12.3. The van der Waals surface area contributed by atoms with Crippen molar-refractivity contribution in [3.8, 4) is 10.8 Å². The number of amides is 1. The van der Waals surface area contributed by atoms with Crippen LogP contribution in [0, 0.1) is 0 Å². The van der Waals surface area contributed by atoms with Gasteiger partial charge in [0.05, 0.1) is 11.4 Å². The average molecular weight is 335 g/mol. The first-order valence-corrected chi connectivity index (χ1v) is 9.06. The molecule has 23 heavy (non-hydrogen) atoms. The van der Waals surface area contributed by atoms with E-state index in [0.717, 1.165) is 35.6 Å². The Hall–Kier alpha value is -1.73. The van der Waals surface area contributed by atoms with Gasteiger partial charge in [0.25, 0.3) is 17.7 Å². The van der Waals surface area contributed by atoms with Crippen LogP contribution in [0.2, 0.25) is 0 Å². The summed E-state index contributed by atoms with van der Waals surface area (Å²) < 4.78 is 5.76. The van der Waals surface area contributed by atoms with E-state index >= 15 is 0 Å². The van der Waals surface area contributed by atoms with Crippen LogP contribution in [-0.4, -0.2) is 34.7 Å². The molecule has 1 unspecified atom stereocenters. The number of aromatic nitrogens is 2. The number of quaternary nitrogens is 1. The van der Waals surface area contributed by atoms with Gasteiger partial charge in [0.15, 0.2) is 12.6 Å². The van der Waals surface area contributed by atoms with Crippen molar-refractivity contribution in [3.05, 3.63) is 23.4 Å². The number of nitrogens with zero attached hydrogens (tertiary/aromatic N) is 2. The fourth-order valence-corrected chi connectivity index (χ4v) is 3.18. The maximum atomic E-state index is 12.3. The van der Waals surface area contributed by atoms with Crippen LogP contribution in [0.3, 0.4) is 0 Å². The molecule has 1 amide bonds. The van der Waals surface area contributed by atoms with E-state index in [4.69, 9.17) is 4.42 Å². The van der Waals surface area contributed by atoms with Crippen LogP contribution in [-0.2, 0) is 11.3 Å². The number of rotatable bonds is 8. The Morgan fingerprint density at radius 3 is 3.00 bits per heavy atom. The highest BCUT2D eigenvalue weighted by molar-refractivity contribution is 7.13. The van der Waals surface area contributed by atoms with Gasteiger partial charge < -0.3 is 14.6 Å². The van der Waals surface area contributed by atoms with Gasteiger partial charge in [-0.05, 0) is 37.6 Å². The molecule has 2 heterocycles. The van der Waals surface area contributed by atoms with Gasteiger partial charge in [-0.1, -0.05) is 13.0 Å². The molecule has 2 aromatic heterocycles. The van der Waals surface area contributed by atoms with E-state index < -0.39 is 0 Å². The summed E-state index contributed by atoms with van der Waals surface area (Å²) in [6.07, 6.45) is 3.22. The van der Waals surface area contributed by atoms with Crippen molar-refractivity contribution in [3.63, 3.8) is 0 Å². The molecule has 2 atom stereocenters. The SMILES string of the molecule is CCC[NH+](Cc1nnc(-c2cccs2)o1)[C@H](C)C(=O)NC1CC1. The summed E-state index contributed by atoms with van der Waals surface area (Å²) in [7, 11) is 0. The van der Waals surface area contributed by atoms with Crippen molar-refractivity contribution in [2.24, 2.45) is 0 Å². The van der Waals surface area contributed by atoms with E-state index in [1.54, 1.807) is 11.3 Å². The minimum absolute atomic E-state index is 0.118. The summed E-state index contributed by atoms with van der Waals surface area (Å²) in [5, 5.41) is 13.3. The van der Waals surface area contributed by atoms with Crippen LogP contribution in [0.25, 0.3) is 10.8 Å². The van der Waals surface area contributed by atoms with E-state index in [1.165, 1.54) is 0 Å². The van der Waals surface area contributed by atoms with Gasteiger partial charge in [0.2, 0.25) is 0 Å². The van der Waals surface area contributed by atoms with Crippen molar-refractivity contribution >= 4 is 17.2 Å². The minimum Gasteiger partial charge on any atom is -0.414 e. The Morgan fingerprint density at radius 1 is 1.52 bits per heavy atom. The van der Waals surface area contributed by atoms with Crippen LogP contribution >= 0.6 is 11.3 Å². The molecular formula is C16H23N4O2S+. The molecule has 7 heteroatoms. The molecule has 124 valence electrons. The van der Waals surface area contributed by atoms with Gasteiger partial charge in [-0.3, -0.25) is 4.79 Å². The Kier molecular flexibility index (Phi) is 5.07. The minimum atomic E-state index is -0.118.